The summed E-state index contributed by atoms with van der Waals surface area (Å²) in [6.45, 7) is 0.0331. The standard InChI is InChI=1S/C25H20BrN5O3/c26-20-10-4-1-8-18(20)24(33)29-21-11-5-2-9-19(21)25(34)30-28-13-16-14-31(15-23(27)32)22-12-6-3-7-17(16)22/h1-14H,15H2,(H2,27,32)(H,29,33)(H,30,34)/b28-13+. The van der Waals surface area contributed by atoms with Gasteiger partial charge in [0.25, 0.3) is 11.8 Å². The fourth-order valence-corrected chi connectivity index (χ4v) is 3.99. The first-order chi connectivity index (χ1) is 16.4. The molecule has 3 aromatic carbocycles. The van der Waals surface area contributed by atoms with Gasteiger partial charge in [-0.2, -0.15) is 5.10 Å². The molecule has 0 saturated heterocycles. The first-order valence-corrected chi connectivity index (χ1v) is 11.1. The predicted molar refractivity (Wildman–Crippen MR) is 135 cm³/mol. The Morgan fingerprint density at radius 2 is 1.59 bits per heavy atom. The number of para-hydroxylation sites is 2. The topological polar surface area (TPSA) is 119 Å². The molecular formula is C25H20BrN5O3. The molecule has 3 amide bonds. The van der Waals surface area contributed by atoms with Gasteiger partial charge in [-0.1, -0.05) is 42.5 Å². The van der Waals surface area contributed by atoms with Gasteiger partial charge in [-0.3, -0.25) is 14.4 Å². The van der Waals surface area contributed by atoms with Gasteiger partial charge in [0.2, 0.25) is 5.91 Å². The van der Waals surface area contributed by atoms with Crippen molar-refractivity contribution in [1.29, 1.82) is 0 Å². The summed E-state index contributed by atoms with van der Waals surface area (Å²) >= 11 is 3.36. The Morgan fingerprint density at radius 3 is 2.35 bits per heavy atom. The Bertz CT molecular complexity index is 1430. The lowest BCUT2D eigenvalue weighted by molar-refractivity contribution is -0.118. The molecule has 0 spiro atoms. The third-order valence-electron chi connectivity index (χ3n) is 5.05. The summed E-state index contributed by atoms with van der Waals surface area (Å²) in [6.07, 6.45) is 3.25. The molecule has 9 heteroatoms. The molecule has 0 unspecified atom stereocenters. The van der Waals surface area contributed by atoms with Crippen molar-refractivity contribution in [1.82, 2.24) is 9.99 Å². The van der Waals surface area contributed by atoms with E-state index >= 15 is 0 Å². The molecule has 0 aliphatic heterocycles. The number of carbonyl (C=O) groups excluding carboxylic acids is 3. The second-order valence-electron chi connectivity index (χ2n) is 7.37. The molecule has 0 radical (unpaired) electrons. The number of rotatable bonds is 7. The van der Waals surface area contributed by atoms with E-state index in [1.807, 2.05) is 30.3 Å². The third kappa shape index (κ3) is 5.05. The minimum Gasteiger partial charge on any atom is -0.368 e. The summed E-state index contributed by atoms with van der Waals surface area (Å²) in [7, 11) is 0. The molecule has 1 aromatic heterocycles. The third-order valence-corrected chi connectivity index (χ3v) is 5.75. The average Bonchev–Trinajstić information content (AvgIpc) is 3.16. The van der Waals surface area contributed by atoms with Crippen molar-refractivity contribution < 1.29 is 14.4 Å². The number of fused-ring (bicyclic) bond motifs is 1. The number of nitrogens with one attached hydrogen (secondary N) is 2. The van der Waals surface area contributed by atoms with Crippen molar-refractivity contribution in [2.75, 3.05) is 5.32 Å². The average molecular weight is 518 g/mol. The molecule has 0 atom stereocenters. The Balaban J connectivity index is 1.52. The highest BCUT2D eigenvalue weighted by Crippen LogP contribution is 2.21. The minimum absolute atomic E-state index is 0.0331. The fraction of sp³-hybridized carbons (Fsp3) is 0.0400. The number of halogens is 1. The molecule has 0 bridgehead atoms. The summed E-state index contributed by atoms with van der Waals surface area (Å²) in [5.41, 5.74) is 10.4. The van der Waals surface area contributed by atoms with Crippen molar-refractivity contribution in [2.45, 2.75) is 6.54 Å². The van der Waals surface area contributed by atoms with Crippen molar-refractivity contribution in [3.8, 4) is 0 Å². The monoisotopic (exact) mass is 517 g/mol. The van der Waals surface area contributed by atoms with Crippen LogP contribution in [0.25, 0.3) is 10.9 Å². The number of primary amides is 1. The molecular weight excluding hydrogens is 498 g/mol. The van der Waals surface area contributed by atoms with Gasteiger partial charge in [0.05, 0.1) is 23.0 Å². The molecule has 0 saturated carbocycles. The molecule has 4 N–H and O–H groups in total. The number of aromatic nitrogens is 1. The summed E-state index contributed by atoms with van der Waals surface area (Å²) in [6, 6.07) is 21.2. The zero-order valence-corrected chi connectivity index (χ0v) is 19.5. The van der Waals surface area contributed by atoms with E-state index < -0.39 is 11.8 Å². The van der Waals surface area contributed by atoms with E-state index in [4.69, 9.17) is 5.73 Å². The van der Waals surface area contributed by atoms with Crippen LogP contribution in [0.3, 0.4) is 0 Å². The van der Waals surface area contributed by atoms with Crippen molar-refractivity contribution >= 4 is 56.5 Å². The number of nitrogens with two attached hydrogens (primary N) is 1. The predicted octanol–water partition coefficient (Wildman–Crippen LogP) is 3.91. The summed E-state index contributed by atoms with van der Waals surface area (Å²) < 4.78 is 2.38. The van der Waals surface area contributed by atoms with E-state index in [1.54, 1.807) is 53.2 Å². The van der Waals surface area contributed by atoms with Crippen LogP contribution in [-0.4, -0.2) is 28.5 Å². The number of carbonyl (C=O) groups is 3. The summed E-state index contributed by atoms with van der Waals surface area (Å²) in [5.74, 6) is -1.29. The first-order valence-electron chi connectivity index (χ1n) is 10.3. The highest BCUT2D eigenvalue weighted by molar-refractivity contribution is 9.10. The zero-order valence-electron chi connectivity index (χ0n) is 17.9. The van der Waals surface area contributed by atoms with E-state index in [2.05, 4.69) is 31.8 Å². The molecule has 8 nitrogen and oxygen atoms in total. The van der Waals surface area contributed by atoms with Crippen molar-refractivity contribution in [3.05, 3.63) is 100 Å². The Labute approximate surface area is 203 Å². The summed E-state index contributed by atoms with van der Waals surface area (Å²) in [4.78, 5) is 36.9. The number of anilines is 1. The maximum Gasteiger partial charge on any atom is 0.273 e. The van der Waals surface area contributed by atoms with E-state index in [0.717, 1.165) is 10.9 Å². The minimum atomic E-state index is -0.486. The van der Waals surface area contributed by atoms with E-state index in [9.17, 15) is 14.4 Å². The number of nitrogens with zero attached hydrogens (tertiary/aromatic N) is 2. The second kappa shape index (κ2) is 10.1. The van der Waals surface area contributed by atoms with Gasteiger partial charge in [-0.15, -0.1) is 0 Å². The number of benzene rings is 3. The van der Waals surface area contributed by atoms with Crippen molar-refractivity contribution in [3.63, 3.8) is 0 Å². The van der Waals surface area contributed by atoms with Gasteiger partial charge in [0, 0.05) is 27.1 Å². The zero-order chi connectivity index (χ0) is 24.1. The molecule has 4 aromatic rings. The molecule has 170 valence electrons. The van der Waals surface area contributed by atoms with E-state index in [1.165, 1.54) is 6.21 Å². The van der Waals surface area contributed by atoms with Gasteiger partial charge in [0.15, 0.2) is 0 Å². The first kappa shape index (κ1) is 22.9. The SMILES string of the molecule is NC(=O)Cn1cc(/C=N/NC(=O)c2ccccc2NC(=O)c2ccccc2Br)c2ccccc21. The largest absolute Gasteiger partial charge is 0.368 e. The van der Waals surface area contributed by atoms with Gasteiger partial charge in [-0.05, 0) is 46.3 Å². The maximum absolute atomic E-state index is 12.8. The van der Waals surface area contributed by atoms with Crippen LogP contribution < -0.4 is 16.5 Å². The van der Waals surface area contributed by atoms with E-state index in [-0.39, 0.29) is 18.0 Å². The van der Waals surface area contributed by atoms with Gasteiger partial charge >= 0.3 is 0 Å². The maximum atomic E-state index is 12.8. The van der Waals surface area contributed by atoms with Crippen molar-refractivity contribution in [2.24, 2.45) is 10.8 Å². The van der Waals surface area contributed by atoms with Gasteiger partial charge < -0.3 is 15.6 Å². The highest BCUT2D eigenvalue weighted by atomic mass is 79.9. The Morgan fingerprint density at radius 1 is 0.912 bits per heavy atom. The van der Waals surface area contributed by atoms with E-state index in [0.29, 0.717) is 21.3 Å². The van der Waals surface area contributed by atoms with Crippen LogP contribution in [-0.2, 0) is 11.3 Å². The number of amides is 3. The lowest BCUT2D eigenvalue weighted by Crippen LogP contribution is -2.21. The lowest BCUT2D eigenvalue weighted by atomic mass is 10.1. The molecule has 0 aliphatic carbocycles. The number of hydrogen-bond acceptors (Lipinski definition) is 4. The molecule has 0 fully saturated rings. The smallest absolute Gasteiger partial charge is 0.273 e. The van der Waals surface area contributed by atoms with Crippen LogP contribution in [0, 0.1) is 0 Å². The Kier molecular flexibility index (Phi) is 6.84. The summed E-state index contributed by atoms with van der Waals surface area (Å²) in [5, 5.41) is 7.72. The van der Waals surface area contributed by atoms with Crippen LogP contribution >= 0.6 is 15.9 Å². The normalized spacial score (nSPS) is 11.0. The van der Waals surface area contributed by atoms with Crippen LogP contribution in [0.5, 0.6) is 0 Å². The lowest BCUT2D eigenvalue weighted by Gasteiger charge is -2.10. The number of hydrazone groups is 1. The van der Waals surface area contributed by atoms with Crippen LogP contribution in [0.15, 0.2) is 88.6 Å². The molecule has 34 heavy (non-hydrogen) atoms. The van der Waals surface area contributed by atoms with Gasteiger partial charge in [-0.25, -0.2) is 5.43 Å². The number of hydrogen-bond donors (Lipinski definition) is 3. The van der Waals surface area contributed by atoms with Crippen LogP contribution in [0.4, 0.5) is 5.69 Å². The molecule has 0 aliphatic rings. The quantitative estimate of drug-likeness (QED) is 0.254. The Hall–Kier alpha value is -4.24. The molecule has 1 heterocycles. The van der Waals surface area contributed by atoms with Gasteiger partial charge in [0.1, 0.15) is 6.54 Å². The highest BCUT2D eigenvalue weighted by Gasteiger charge is 2.15. The second-order valence-corrected chi connectivity index (χ2v) is 8.23. The van der Waals surface area contributed by atoms with Crippen LogP contribution in [0.1, 0.15) is 26.3 Å². The molecule has 4 rings (SSSR count). The fourth-order valence-electron chi connectivity index (χ4n) is 3.52. The van der Waals surface area contributed by atoms with Crippen LogP contribution in [0.2, 0.25) is 0 Å².